The second-order valence-corrected chi connectivity index (χ2v) is 10.8. The van der Waals surface area contributed by atoms with Crippen molar-refractivity contribution in [2.24, 2.45) is 5.92 Å². The van der Waals surface area contributed by atoms with E-state index in [2.05, 4.69) is 93.0 Å². The average Bonchev–Trinajstić information content (AvgIpc) is 3.21. The third-order valence-electron chi connectivity index (χ3n) is 6.98. The lowest BCUT2D eigenvalue weighted by atomic mass is 9.87. The maximum absolute atomic E-state index is 12.1. The van der Waals surface area contributed by atoms with Crippen molar-refractivity contribution in [3.63, 3.8) is 0 Å². The van der Waals surface area contributed by atoms with Crippen LogP contribution in [0.2, 0.25) is 0 Å². The van der Waals surface area contributed by atoms with Gasteiger partial charge in [0.15, 0.2) is 0 Å². The number of aromatic nitrogens is 2. The Morgan fingerprint density at radius 1 is 0.972 bits per heavy atom. The first-order chi connectivity index (χ1) is 17.3. The molecule has 196 valence electrons. The Labute approximate surface area is 217 Å². The minimum atomic E-state index is 0.150. The third kappa shape index (κ3) is 7.84. The zero-order valence-electron chi connectivity index (χ0n) is 23.0. The van der Waals surface area contributed by atoms with Crippen LogP contribution < -0.4 is 10.1 Å². The Bertz CT molecular complexity index is 1080. The van der Waals surface area contributed by atoms with E-state index < -0.39 is 0 Å². The number of hydrogen-bond donors (Lipinski definition) is 1. The van der Waals surface area contributed by atoms with Gasteiger partial charge in [-0.15, -0.1) is 0 Å². The third-order valence-corrected chi connectivity index (χ3v) is 6.98. The molecule has 0 unspecified atom stereocenters. The number of nitrogens with zero attached hydrogens (tertiary/aromatic N) is 2. The number of benzene rings is 2. The molecular formula is C31H45N3O2. The molecule has 2 aromatic carbocycles. The summed E-state index contributed by atoms with van der Waals surface area (Å²) in [5.74, 6) is 2.42. The largest absolute Gasteiger partial charge is 0.494 e. The second-order valence-electron chi connectivity index (χ2n) is 10.8. The van der Waals surface area contributed by atoms with E-state index in [1.165, 1.54) is 11.1 Å². The van der Waals surface area contributed by atoms with Gasteiger partial charge < -0.3 is 14.6 Å². The maximum atomic E-state index is 12.1. The molecule has 0 aliphatic heterocycles. The summed E-state index contributed by atoms with van der Waals surface area (Å²) in [5, 5.41) is 3.10. The SMILES string of the molecule is CCC(CC)C(=O)NCCCCCc1nc2ccccc2n1CCCOc1ccc(C(C)(C)C)cc1. The molecular weight excluding hydrogens is 446 g/mol. The Hall–Kier alpha value is -2.82. The molecule has 1 amide bonds. The van der Waals surface area contributed by atoms with Gasteiger partial charge in [0, 0.05) is 25.4 Å². The van der Waals surface area contributed by atoms with E-state index in [0.29, 0.717) is 6.61 Å². The Morgan fingerprint density at radius 2 is 1.69 bits per heavy atom. The van der Waals surface area contributed by atoms with Gasteiger partial charge in [-0.1, -0.05) is 65.3 Å². The first-order valence-corrected chi connectivity index (χ1v) is 13.8. The van der Waals surface area contributed by atoms with Crippen LogP contribution >= 0.6 is 0 Å². The van der Waals surface area contributed by atoms with Gasteiger partial charge in [0.25, 0.3) is 0 Å². The summed E-state index contributed by atoms with van der Waals surface area (Å²) in [5.41, 5.74) is 3.72. The van der Waals surface area contributed by atoms with Gasteiger partial charge >= 0.3 is 0 Å². The van der Waals surface area contributed by atoms with Crippen molar-refractivity contribution >= 4 is 16.9 Å². The predicted molar refractivity (Wildman–Crippen MR) is 150 cm³/mol. The zero-order valence-corrected chi connectivity index (χ0v) is 23.0. The highest BCUT2D eigenvalue weighted by molar-refractivity contribution is 5.78. The minimum absolute atomic E-state index is 0.150. The Balaban J connectivity index is 1.48. The van der Waals surface area contributed by atoms with Crippen molar-refractivity contribution in [2.45, 2.75) is 91.5 Å². The summed E-state index contributed by atoms with van der Waals surface area (Å²) >= 11 is 0. The van der Waals surface area contributed by atoms with Crippen LogP contribution in [0.1, 0.15) is 84.5 Å². The monoisotopic (exact) mass is 491 g/mol. The van der Waals surface area contributed by atoms with Crippen molar-refractivity contribution in [3.8, 4) is 5.75 Å². The van der Waals surface area contributed by atoms with Crippen LogP contribution in [0.25, 0.3) is 11.0 Å². The number of para-hydroxylation sites is 2. The van der Waals surface area contributed by atoms with Gasteiger partial charge in [-0.25, -0.2) is 4.98 Å². The molecule has 5 nitrogen and oxygen atoms in total. The number of nitrogens with one attached hydrogen (secondary N) is 1. The molecule has 3 rings (SSSR count). The molecule has 1 N–H and O–H groups in total. The number of unbranched alkanes of at least 4 members (excludes halogenated alkanes) is 2. The number of carbonyl (C=O) groups excluding carboxylic acids is 1. The maximum Gasteiger partial charge on any atom is 0.223 e. The minimum Gasteiger partial charge on any atom is -0.494 e. The van der Waals surface area contributed by atoms with E-state index in [4.69, 9.17) is 9.72 Å². The number of aryl methyl sites for hydroxylation is 2. The zero-order chi connectivity index (χ0) is 26.0. The number of ether oxygens (including phenoxy) is 1. The number of imidazole rings is 1. The standard InChI is InChI=1S/C31H45N3O2/c1-6-24(7-2)30(35)32-21-12-8-9-16-29-33-27-14-10-11-15-28(27)34(29)22-13-23-36-26-19-17-25(18-20-26)31(3,4)5/h10-11,14-15,17-20,24H,6-9,12-13,16,21-23H2,1-5H3,(H,32,35). The van der Waals surface area contributed by atoms with Gasteiger partial charge in [0.05, 0.1) is 17.6 Å². The van der Waals surface area contributed by atoms with E-state index in [-0.39, 0.29) is 17.2 Å². The van der Waals surface area contributed by atoms with E-state index in [1.807, 2.05) is 0 Å². The average molecular weight is 492 g/mol. The quantitative estimate of drug-likeness (QED) is 0.245. The molecule has 0 bridgehead atoms. The molecule has 0 aliphatic rings. The normalized spacial score (nSPS) is 11.8. The summed E-state index contributed by atoms with van der Waals surface area (Å²) in [6.07, 6.45) is 6.86. The van der Waals surface area contributed by atoms with Crippen molar-refractivity contribution in [1.29, 1.82) is 0 Å². The van der Waals surface area contributed by atoms with Crippen LogP contribution in [0.5, 0.6) is 5.75 Å². The molecule has 0 aliphatic carbocycles. The van der Waals surface area contributed by atoms with Crippen molar-refractivity contribution in [3.05, 3.63) is 59.9 Å². The first kappa shape index (κ1) is 27.8. The predicted octanol–water partition coefficient (Wildman–Crippen LogP) is 7.07. The van der Waals surface area contributed by atoms with Gasteiger partial charge in [-0.3, -0.25) is 4.79 Å². The Kier molecular flexibility index (Phi) is 10.4. The summed E-state index contributed by atoms with van der Waals surface area (Å²) in [6, 6.07) is 16.9. The molecule has 0 fully saturated rings. The summed E-state index contributed by atoms with van der Waals surface area (Å²) in [6.45, 7) is 13.2. The number of hydrogen-bond acceptors (Lipinski definition) is 3. The lowest BCUT2D eigenvalue weighted by Gasteiger charge is -2.19. The van der Waals surface area contributed by atoms with E-state index in [0.717, 1.165) is 75.1 Å². The molecule has 36 heavy (non-hydrogen) atoms. The van der Waals surface area contributed by atoms with Gasteiger partial charge in [0.1, 0.15) is 11.6 Å². The fraction of sp³-hybridized carbons (Fsp3) is 0.548. The molecule has 0 saturated carbocycles. The summed E-state index contributed by atoms with van der Waals surface area (Å²) < 4.78 is 8.39. The number of amides is 1. The van der Waals surface area contributed by atoms with Crippen molar-refractivity contribution in [2.75, 3.05) is 13.2 Å². The van der Waals surface area contributed by atoms with E-state index >= 15 is 0 Å². The molecule has 1 heterocycles. The van der Waals surface area contributed by atoms with Crippen LogP contribution in [0.4, 0.5) is 0 Å². The molecule has 1 aromatic heterocycles. The van der Waals surface area contributed by atoms with Gasteiger partial charge in [0.2, 0.25) is 5.91 Å². The topological polar surface area (TPSA) is 56.2 Å². The van der Waals surface area contributed by atoms with Crippen LogP contribution in [-0.2, 0) is 23.2 Å². The molecule has 0 spiro atoms. The first-order valence-electron chi connectivity index (χ1n) is 13.8. The van der Waals surface area contributed by atoms with E-state index in [9.17, 15) is 4.79 Å². The highest BCUT2D eigenvalue weighted by Crippen LogP contribution is 2.24. The van der Waals surface area contributed by atoms with Crippen LogP contribution in [0, 0.1) is 5.92 Å². The number of rotatable bonds is 14. The second kappa shape index (κ2) is 13.5. The Morgan fingerprint density at radius 3 is 2.39 bits per heavy atom. The highest BCUT2D eigenvalue weighted by Gasteiger charge is 2.14. The van der Waals surface area contributed by atoms with Crippen molar-refractivity contribution in [1.82, 2.24) is 14.9 Å². The molecule has 5 heteroatoms. The lowest BCUT2D eigenvalue weighted by Crippen LogP contribution is -2.30. The smallest absolute Gasteiger partial charge is 0.223 e. The number of carbonyl (C=O) groups is 1. The van der Waals surface area contributed by atoms with Gasteiger partial charge in [-0.05, 0) is 67.3 Å². The molecule has 0 atom stereocenters. The summed E-state index contributed by atoms with van der Waals surface area (Å²) in [4.78, 5) is 17.1. The van der Waals surface area contributed by atoms with E-state index in [1.54, 1.807) is 0 Å². The van der Waals surface area contributed by atoms with Crippen molar-refractivity contribution < 1.29 is 9.53 Å². The highest BCUT2D eigenvalue weighted by atomic mass is 16.5. The van der Waals surface area contributed by atoms with Gasteiger partial charge in [-0.2, -0.15) is 0 Å². The van der Waals surface area contributed by atoms with Crippen LogP contribution in [-0.4, -0.2) is 28.6 Å². The molecule has 3 aromatic rings. The molecule has 0 saturated heterocycles. The molecule has 0 radical (unpaired) electrons. The lowest BCUT2D eigenvalue weighted by molar-refractivity contribution is -0.125. The fourth-order valence-corrected chi connectivity index (χ4v) is 4.63. The fourth-order valence-electron chi connectivity index (χ4n) is 4.63. The number of fused-ring (bicyclic) bond motifs is 1. The van der Waals surface area contributed by atoms with Crippen LogP contribution in [0.3, 0.4) is 0 Å². The summed E-state index contributed by atoms with van der Waals surface area (Å²) in [7, 11) is 0. The van der Waals surface area contributed by atoms with Crippen LogP contribution in [0.15, 0.2) is 48.5 Å².